The summed E-state index contributed by atoms with van der Waals surface area (Å²) in [7, 11) is 0. The largest absolute Gasteiger partial charge is 0.444 e. The molecule has 0 aliphatic carbocycles. The minimum atomic E-state index is -0.429. The van der Waals surface area contributed by atoms with Gasteiger partial charge in [-0.15, -0.1) is 0 Å². The van der Waals surface area contributed by atoms with Gasteiger partial charge in [-0.05, 0) is 34.6 Å². The lowest BCUT2D eigenvalue weighted by Crippen LogP contribution is -2.67. The van der Waals surface area contributed by atoms with Gasteiger partial charge in [0.2, 0.25) is 0 Å². The number of carbonyl (C=O) groups is 1. The van der Waals surface area contributed by atoms with Crippen molar-refractivity contribution in [1.82, 2.24) is 9.80 Å². The van der Waals surface area contributed by atoms with E-state index in [1.807, 2.05) is 25.7 Å². The molecule has 1 atom stereocenters. The maximum Gasteiger partial charge on any atom is 0.410 e. The van der Waals surface area contributed by atoms with Gasteiger partial charge < -0.3 is 14.4 Å². The molecule has 110 valence electrons. The van der Waals surface area contributed by atoms with Gasteiger partial charge in [-0.25, -0.2) is 4.79 Å². The van der Waals surface area contributed by atoms with E-state index in [-0.39, 0.29) is 17.7 Å². The summed E-state index contributed by atoms with van der Waals surface area (Å²) in [6, 6.07) is 0.182. The smallest absolute Gasteiger partial charge is 0.410 e. The second-order valence-corrected chi connectivity index (χ2v) is 6.96. The van der Waals surface area contributed by atoms with Crippen LogP contribution in [0.5, 0.6) is 0 Å². The Morgan fingerprint density at radius 2 is 1.95 bits per heavy atom. The third-order valence-electron chi connectivity index (χ3n) is 3.84. The summed E-state index contributed by atoms with van der Waals surface area (Å²) in [5.41, 5.74) is -0.268. The normalized spacial score (nSPS) is 27.8. The van der Waals surface area contributed by atoms with Crippen LogP contribution in [0.1, 0.15) is 34.6 Å². The van der Waals surface area contributed by atoms with Crippen molar-refractivity contribution in [2.75, 3.05) is 32.8 Å². The number of carbonyl (C=O) groups excluding carboxylic acids is 1. The molecule has 2 aliphatic heterocycles. The maximum atomic E-state index is 12.1. The summed E-state index contributed by atoms with van der Waals surface area (Å²) in [5.74, 6) is 0. The van der Waals surface area contributed by atoms with E-state index >= 15 is 0 Å². The van der Waals surface area contributed by atoms with Gasteiger partial charge in [-0.3, -0.25) is 4.90 Å². The van der Waals surface area contributed by atoms with Crippen molar-refractivity contribution < 1.29 is 14.3 Å². The average Bonchev–Trinajstić information content (AvgIpc) is 2.23. The van der Waals surface area contributed by atoms with Crippen molar-refractivity contribution in [3.05, 3.63) is 0 Å². The summed E-state index contributed by atoms with van der Waals surface area (Å²) in [6.45, 7) is 14.1. The first-order valence-corrected chi connectivity index (χ1v) is 7.04. The van der Waals surface area contributed by atoms with E-state index in [9.17, 15) is 4.79 Å². The standard InChI is InChI=1S/C14H26N2O3/c1-11-8-15(14(5)9-18-10-14)6-7-16(11)12(17)19-13(2,3)4/h11H,6-10H2,1-5H3. The van der Waals surface area contributed by atoms with E-state index in [0.29, 0.717) is 0 Å². The molecule has 5 nitrogen and oxygen atoms in total. The van der Waals surface area contributed by atoms with E-state index in [0.717, 1.165) is 32.8 Å². The van der Waals surface area contributed by atoms with Gasteiger partial charge in [0.05, 0.1) is 18.8 Å². The molecular formula is C14H26N2O3. The van der Waals surface area contributed by atoms with Crippen molar-refractivity contribution >= 4 is 6.09 Å². The number of rotatable bonds is 1. The zero-order chi connectivity index (χ0) is 14.3. The Morgan fingerprint density at radius 1 is 1.32 bits per heavy atom. The highest BCUT2D eigenvalue weighted by Gasteiger charge is 2.43. The van der Waals surface area contributed by atoms with Crippen LogP contribution < -0.4 is 0 Å². The molecule has 1 unspecified atom stereocenters. The second-order valence-electron chi connectivity index (χ2n) is 6.96. The lowest BCUT2D eigenvalue weighted by Gasteiger charge is -2.52. The summed E-state index contributed by atoms with van der Waals surface area (Å²) in [5, 5.41) is 0. The highest BCUT2D eigenvalue weighted by molar-refractivity contribution is 5.68. The van der Waals surface area contributed by atoms with E-state index < -0.39 is 5.60 Å². The number of hydrogen-bond acceptors (Lipinski definition) is 4. The van der Waals surface area contributed by atoms with Crippen LogP contribution in [0.4, 0.5) is 4.79 Å². The van der Waals surface area contributed by atoms with Crippen LogP contribution in [-0.4, -0.2) is 65.9 Å². The molecule has 1 amide bonds. The molecular weight excluding hydrogens is 244 g/mol. The topological polar surface area (TPSA) is 42.0 Å². The van der Waals surface area contributed by atoms with Gasteiger partial charge in [-0.2, -0.15) is 0 Å². The first-order valence-electron chi connectivity index (χ1n) is 7.04. The van der Waals surface area contributed by atoms with Crippen LogP contribution >= 0.6 is 0 Å². The molecule has 0 aromatic rings. The molecule has 0 saturated carbocycles. The maximum absolute atomic E-state index is 12.1. The van der Waals surface area contributed by atoms with Crippen LogP contribution in [-0.2, 0) is 9.47 Å². The molecule has 0 N–H and O–H groups in total. The zero-order valence-corrected chi connectivity index (χ0v) is 12.7. The summed E-state index contributed by atoms with van der Waals surface area (Å²) in [4.78, 5) is 16.4. The van der Waals surface area contributed by atoms with E-state index in [4.69, 9.17) is 9.47 Å². The molecule has 0 aromatic heterocycles. The Labute approximate surface area is 115 Å². The molecule has 5 heteroatoms. The molecule has 2 saturated heterocycles. The van der Waals surface area contributed by atoms with Gasteiger partial charge >= 0.3 is 6.09 Å². The Kier molecular flexibility index (Phi) is 3.80. The molecule has 2 rings (SSSR count). The molecule has 19 heavy (non-hydrogen) atoms. The number of ether oxygens (including phenoxy) is 2. The minimum absolute atomic E-state index is 0.161. The molecule has 0 spiro atoms. The predicted molar refractivity (Wildman–Crippen MR) is 73.2 cm³/mol. The van der Waals surface area contributed by atoms with Crippen LogP contribution in [0.2, 0.25) is 0 Å². The third kappa shape index (κ3) is 3.20. The van der Waals surface area contributed by atoms with E-state index in [1.54, 1.807) is 0 Å². The monoisotopic (exact) mass is 270 g/mol. The fourth-order valence-corrected chi connectivity index (χ4v) is 2.62. The Hall–Kier alpha value is -0.810. The van der Waals surface area contributed by atoms with Crippen molar-refractivity contribution in [3.63, 3.8) is 0 Å². The van der Waals surface area contributed by atoms with Crippen molar-refractivity contribution in [2.24, 2.45) is 0 Å². The van der Waals surface area contributed by atoms with Crippen LogP contribution in [0.3, 0.4) is 0 Å². The molecule has 2 fully saturated rings. The Balaban J connectivity index is 1.91. The Morgan fingerprint density at radius 3 is 2.37 bits per heavy atom. The molecule has 2 heterocycles. The molecule has 0 aromatic carbocycles. The lowest BCUT2D eigenvalue weighted by molar-refractivity contribution is -0.144. The third-order valence-corrected chi connectivity index (χ3v) is 3.84. The number of hydrogen-bond donors (Lipinski definition) is 0. The molecule has 0 bridgehead atoms. The summed E-state index contributed by atoms with van der Waals surface area (Å²) in [6.07, 6.45) is -0.199. The molecule has 0 radical (unpaired) electrons. The van der Waals surface area contributed by atoms with Crippen LogP contribution in [0, 0.1) is 0 Å². The van der Waals surface area contributed by atoms with Crippen molar-refractivity contribution in [3.8, 4) is 0 Å². The first kappa shape index (κ1) is 14.6. The van der Waals surface area contributed by atoms with Crippen LogP contribution in [0.25, 0.3) is 0 Å². The SMILES string of the molecule is CC1CN(C2(C)COC2)CCN1C(=O)OC(C)(C)C. The average molecular weight is 270 g/mol. The van der Waals surface area contributed by atoms with Gasteiger partial charge in [0.1, 0.15) is 5.60 Å². The van der Waals surface area contributed by atoms with E-state index in [1.165, 1.54) is 0 Å². The summed E-state index contributed by atoms with van der Waals surface area (Å²) < 4.78 is 10.8. The fourth-order valence-electron chi connectivity index (χ4n) is 2.62. The molecule has 2 aliphatic rings. The van der Waals surface area contributed by atoms with Gasteiger partial charge in [-0.1, -0.05) is 0 Å². The summed E-state index contributed by atoms with van der Waals surface area (Å²) >= 11 is 0. The number of amides is 1. The predicted octanol–water partition coefficient (Wildman–Crippen LogP) is 1.72. The second kappa shape index (κ2) is 4.94. The van der Waals surface area contributed by atoms with Gasteiger partial charge in [0.25, 0.3) is 0 Å². The highest BCUT2D eigenvalue weighted by Crippen LogP contribution is 2.27. The number of nitrogens with zero attached hydrogens (tertiary/aromatic N) is 2. The lowest BCUT2D eigenvalue weighted by atomic mass is 9.95. The van der Waals surface area contributed by atoms with Crippen molar-refractivity contribution in [1.29, 1.82) is 0 Å². The zero-order valence-electron chi connectivity index (χ0n) is 12.7. The Bertz CT molecular complexity index is 347. The number of piperazine rings is 1. The fraction of sp³-hybridized carbons (Fsp3) is 0.929. The first-order chi connectivity index (χ1) is 8.71. The van der Waals surface area contributed by atoms with Gasteiger partial charge in [0.15, 0.2) is 0 Å². The van der Waals surface area contributed by atoms with E-state index in [2.05, 4.69) is 18.7 Å². The van der Waals surface area contributed by atoms with Gasteiger partial charge in [0, 0.05) is 25.7 Å². The van der Waals surface area contributed by atoms with Crippen LogP contribution in [0.15, 0.2) is 0 Å². The minimum Gasteiger partial charge on any atom is -0.444 e. The van der Waals surface area contributed by atoms with Crippen molar-refractivity contribution in [2.45, 2.75) is 51.8 Å². The quantitative estimate of drug-likeness (QED) is 0.727. The highest BCUT2D eigenvalue weighted by atomic mass is 16.6.